The SMILES string of the molecule is Cc1cc(C)cc(C(=O)N2CCN(C(=O)CN)C(c3ccc(Cl)c(Cl)c3)C2)c1. The second-order valence-corrected chi connectivity index (χ2v) is 7.92. The summed E-state index contributed by atoms with van der Waals surface area (Å²) in [5, 5.41) is 0.859. The van der Waals surface area contributed by atoms with Crippen molar-refractivity contribution in [2.75, 3.05) is 26.2 Å². The van der Waals surface area contributed by atoms with Gasteiger partial charge in [-0.15, -0.1) is 0 Å². The molecule has 0 radical (unpaired) electrons. The zero-order chi connectivity index (χ0) is 20.4. The number of halogens is 2. The molecule has 0 saturated carbocycles. The number of nitrogens with two attached hydrogens (primary N) is 1. The van der Waals surface area contributed by atoms with Crippen molar-refractivity contribution >= 4 is 35.0 Å². The molecule has 1 saturated heterocycles. The largest absolute Gasteiger partial charge is 0.334 e. The van der Waals surface area contributed by atoms with Gasteiger partial charge in [-0.2, -0.15) is 0 Å². The van der Waals surface area contributed by atoms with Crippen molar-refractivity contribution in [3.63, 3.8) is 0 Å². The van der Waals surface area contributed by atoms with Gasteiger partial charge in [-0.05, 0) is 43.7 Å². The molecule has 0 bridgehead atoms. The molecule has 148 valence electrons. The van der Waals surface area contributed by atoms with Crippen LogP contribution in [0.2, 0.25) is 10.0 Å². The third-order valence-corrected chi connectivity index (χ3v) is 5.70. The first-order chi connectivity index (χ1) is 13.3. The highest BCUT2D eigenvalue weighted by Crippen LogP contribution is 2.31. The lowest BCUT2D eigenvalue weighted by molar-refractivity contribution is -0.134. The van der Waals surface area contributed by atoms with Crippen LogP contribution in [0.3, 0.4) is 0 Å². The number of hydrogen-bond acceptors (Lipinski definition) is 3. The Morgan fingerprint density at radius 1 is 1.04 bits per heavy atom. The molecule has 1 fully saturated rings. The third-order valence-electron chi connectivity index (χ3n) is 4.96. The van der Waals surface area contributed by atoms with Crippen LogP contribution in [0.25, 0.3) is 0 Å². The number of nitrogens with zero attached hydrogens (tertiary/aromatic N) is 2. The Morgan fingerprint density at radius 3 is 2.32 bits per heavy atom. The number of carbonyl (C=O) groups excluding carboxylic acids is 2. The molecule has 0 spiro atoms. The third kappa shape index (κ3) is 4.32. The van der Waals surface area contributed by atoms with E-state index in [9.17, 15) is 9.59 Å². The Bertz CT molecular complexity index is 896. The quantitative estimate of drug-likeness (QED) is 0.825. The average molecular weight is 420 g/mol. The average Bonchev–Trinajstić information content (AvgIpc) is 2.67. The second kappa shape index (κ2) is 8.52. The zero-order valence-electron chi connectivity index (χ0n) is 15.9. The topological polar surface area (TPSA) is 66.6 Å². The molecule has 2 amide bonds. The molecule has 28 heavy (non-hydrogen) atoms. The molecule has 7 heteroatoms. The number of hydrogen-bond donors (Lipinski definition) is 1. The van der Waals surface area contributed by atoms with Crippen molar-refractivity contribution in [1.29, 1.82) is 0 Å². The molecule has 1 atom stereocenters. The highest BCUT2D eigenvalue weighted by molar-refractivity contribution is 6.42. The summed E-state index contributed by atoms with van der Waals surface area (Å²) in [6.45, 7) is 5.10. The highest BCUT2D eigenvalue weighted by atomic mass is 35.5. The molecule has 2 N–H and O–H groups in total. The van der Waals surface area contributed by atoms with Crippen LogP contribution in [0.4, 0.5) is 0 Å². The van der Waals surface area contributed by atoms with E-state index in [0.717, 1.165) is 16.7 Å². The van der Waals surface area contributed by atoms with Gasteiger partial charge in [0.2, 0.25) is 5.91 Å². The van der Waals surface area contributed by atoms with Crippen LogP contribution in [0.5, 0.6) is 0 Å². The summed E-state index contributed by atoms with van der Waals surface area (Å²) in [6.07, 6.45) is 0. The molecular weight excluding hydrogens is 397 g/mol. The van der Waals surface area contributed by atoms with E-state index in [1.807, 2.05) is 38.1 Å². The van der Waals surface area contributed by atoms with E-state index >= 15 is 0 Å². The first-order valence-corrected chi connectivity index (χ1v) is 9.88. The molecule has 1 unspecified atom stereocenters. The summed E-state index contributed by atoms with van der Waals surface area (Å²) in [5.41, 5.74) is 9.17. The van der Waals surface area contributed by atoms with Gasteiger partial charge in [0.1, 0.15) is 0 Å². The summed E-state index contributed by atoms with van der Waals surface area (Å²) in [7, 11) is 0. The standard InChI is InChI=1S/C21H23Cl2N3O2/c1-13-7-14(2)9-16(8-13)21(28)25-5-6-26(20(27)11-24)19(12-25)15-3-4-17(22)18(23)10-15/h3-4,7-10,19H,5-6,11-12,24H2,1-2H3. The lowest BCUT2D eigenvalue weighted by Crippen LogP contribution is -2.53. The Morgan fingerprint density at radius 2 is 1.71 bits per heavy atom. The van der Waals surface area contributed by atoms with E-state index in [2.05, 4.69) is 0 Å². The normalized spacial score (nSPS) is 17.0. The van der Waals surface area contributed by atoms with Crippen LogP contribution in [-0.4, -0.2) is 47.8 Å². The maximum atomic E-state index is 13.1. The van der Waals surface area contributed by atoms with Crippen molar-refractivity contribution < 1.29 is 9.59 Å². The van der Waals surface area contributed by atoms with Gasteiger partial charge in [0, 0.05) is 25.2 Å². The fraction of sp³-hybridized carbons (Fsp3) is 0.333. The van der Waals surface area contributed by atoms with Crippen molar-refractivity contribution in [2.24, 2.45) is 5.73 Å². The number of benzene rings is 2. The van der Waals surface area contributed by atoms with E-state index in [1.54, 1.807) is 21.9 Å². The van der Waals surface area contributed by atoms with Crippen LogP contribution in [0, 0.1) is 13.8 Å². The molecule has 1 heterocycles. The van der Waals surface area contributed by atoms with Crippen LogP contribution in [-0.2, 0) is 4.79 Å². The number of aryl methyl sites for hydroxylation is 2. The smallest absolute Gasteiger partial charge is 0.254 e. The summed E-state index contributed by atoms with van der Waals surface area (Å²) in [5.74, 6) is -0.203. The fourth-order valence-corrected chi connectivity index (χ4v) is 3.98. The molecule has 5 nitrogen and oxygen atoms in total. The number of rotatable bonds is 3. The molecule has 1 aliphatic rings. The minimum absolute atomic E-state index is 0.0447. The van der Waals surface area contributed by atoms with Crippen molar-refractivity contribution in [3.8, 4) is 0 Å². The number of piperazine rings is 1. The predicted molar refractivity (Wildman–Crippen MR) is 112 cm³/mol. The second-order valence-electron chi connectivity index (χ2n) is 7.11. The van der Waals surface area contributed by atoms with Crippen LogP contribution < -0.4 is 5.73 Å². The van der Waals surface area contributed by atoms with Gasteiger partial charge in [-0.25, -0.2) is 0 Å². The predicted octanol–water partition coefficient (Wildman–Crippen LogP) is 3.59. The van der Waals surface area contributed by atoms with E-state index in [4.69, 9.17) is 28.9 Å². The molecule has 2 aromatic rings. The van der Waals surface area contributed by atoms with Gasteiger partial charge in [-0.1, -0.05) is 46.5 Å². The monoisotopic (exact) mass is 419 g/mol. The maximum absolute atomic E-state index is 13.1. The lowest BCUT2D eigenvalue weighted by atomic mass is 10.0. The van der Waals surface area contributed by atoms with Crippen molar-refractivity contribution in [1.82, 2.24) is 9.80 Å². The van der Waals surface area contributed by atoms with Gasteiger partial charge < -0.3 is 15.5 Å². The van der Waals surface area contributed by atoms with E-state index in [-0.39, 0.29) is 24.4 Å². The minimum Gasteiger partial charge on any atom is -0.334 e. The first-order valence-electron chi connectivity index (χ1n) is 9.12. The molecule has 0 aromatic heterocycles. The van der Waals surface area contributed by atoms with Gasteiger partial charge in [0.15, 0.2) is 0 Å². The van der Waals surface area contributed by atoms with E-state index in [1.165, 1.54) is 0 Å². The Kier molecular flexibility index (Phi) is 6.28. The van der Waals surface area contributed by atoms with E-state index < -0.39 is 0 Å². The Hall–Kier alpha value is -2.08. The zero-order valence-corrected chi connectivity index (χ0v) is 17.4. The molecule has 2 aromatic carbocycles. The van der Waals surface area contributed by atoms with Gasteiger partial charge in [0.25, 0.3) is 5.91 Å². The summed E-state index contributed by atoms with van der Waals surface area (Å²) in [4.78, 5) is 29.0. The maximum Gasteiger partial charge on any atom is 0.254 e. The molecule has 1 aliphatic heterocycles. The minimum atomic E-state index is -0.325. The van der Waals surface area contributed by atoms with Gasteiger partial charge in [0.05, 0.1) is 22.6 Å². The van der Waals surface area contributed by atoms with Crippen LogP contribution in [0.15, 0.2) is 36.4 Å². The number of carbonyl (C=O) groups is 2. The summed E-state index contributed by atoms with van der Waals surface area (Å²) >= 11 is 12.2. The van der Waals surface area contributed by atoms with Gasteiger partial charge >= 0.3 is 0 Å². The van der Waals surface area contributed by atoms with Gasteiger partial charge in [-0.3, -0.25) is 9.59 Å². The number of amides is 2. The molecule has 3 rings (SSSR count). The molecule has 0 aliphatic carbocycles. The Balaban J connectivity index is 1.91. The highest BCUT2D eigenvalue weighted by Gasteiger charge is 2.33. The molecular formula is C21H23Cl2N3O2. The Labute approximate surface area is 175 Å². The lowest BCUT2D eigenvalue weighted by Gasteiger charge is -2.41. The van der Waals surface area contributed by atoms with Crippen molar-refractivity contribution in [2.45, 2.75) is 19.9 Å². The summed E-state index contributed by atoms with van der Waals surface area (Å²) in [6, 6.07) is 10.8. The summed E-state index contributed by atoms with van der Waals surface area (Å²) < 4.78 is 0. The van der Waals surface area contributed by atoms with Crippen LogP contribution >= 0.6 is 23.2 Å². The fourth-order valence-electron chi connectivity index (χ4n) is 3.67. The van der Waals surface area contributed by atoms with Crippen LogP contribution in [0.1, 0.15) is 33.1 Å². The van der Waals surface area contributed by atoms with E-state index in [0.29, 0.717) is 35.2 Å². The van der Waals surface area contributed by atoms with Crippen molar-refractivity contribution in [3.05, 3.63) is 68.7 Å². The first kappa shape index (κ1) is 20.6.